The van der Waals surface area contributed by atoms with Gasteiger partial charge in [-0.3, -0.25) is 4.98 Å². The van der Waals surface area contributed by atoms with Crippen molar-refractivity contribution in [2.24, 2.45) is 0 Å². The van der Waals surface area contributed by atoms with E-state index < -0.39 is 0 Å². The number of fused-ring (bicyclic) bond motifs is 2. The molecule has 4 nitrogen and oxygen atoms in total. The van der Waals surface area contributed by atoms with Crippen molar-refractivity contribution in [3.63, 3.8) is 0 Å². The summed E-state index contributed by atoms with van der Waals surface area (Å²) in [5, 5.41) is 5.37. The van der Waals surface area contributed by atoms with Crippen molar-refractivity contribution in [1.29, 1.82) is 0 Å². The molecule has 2 heterocycles. The molecule has 0 radical (unpaired) electrons. The van der Waals surface area contributed by atoms with E-state index in [1.54, 1.807) is 6.07 Å². The second-order valence-corrected chi connectivity index (χ2v) is 8.29. The van der Waals surface area contributed by atoms with Crippen LogP contribution in [-0.4, -0.2) is 21.0 Å². The normalized spacial score (nSPS) is 15.0. The molecule has 1 fully saturated rings. The van der Waals surface area contributed by atoms with E-state index in [0.717, 1.165) is 33.2 Å². The molecule has 1 N–H and O–H groups in total. The lowest BCUT2D eigenvalue weighted by molar-refractivity contribution is 0.461. The Morgan fingerprint density at radius 2 is 1.70 bits per heavy atom. The summed E-state index contributed by atoms with van der Waals surface area (Å²) >= 11 is 0. The largest absolute Gasteiger partial charge is 0.351 e. The zero-order valence-corrected chi connectivity index (χ0v) is 17.4. The third kappa shape index (κ3) is 3.49. The Morgan fingerprint density at radius 1 is 0.900 bits per heavy atom. The van der Waals surface area contributed by atoms with Crippen LogP contribution in [0.2, 0.25) is 0 Å². The molecular formula is C25H25FN4. The first-order chi connectivity index (χ1) is 14.6. The zero-order valence-electron chi connectivity index (χ0n) is 17.4. The van der Waals surface area contributed by atoms with Crippen LogP contribution in [0.4, 0.5) is 10.3 Å². The van der Waals surface area contributed by atoms with Crippen LogP contribution in [0.25, 0.3) is 32.9 Å². The van der Waals surface area contributed by atoms with Crippen molar-refractivity contribution < 1.29 is 4.39 Å². The standard InChI is InChI=1S/C25H25FN4/c1-15-8-9-17-10-12-21(26)23(24(17)27-15)18-11-13-22-20(14-18)16(2)28-25(30-22)29-19-6-4-3-5-7-19/h8-14,19H,3-7H2,1-2H3,(H,28,29,30). The van der Waals surface area contributed by atoms with Crippen molar-refractivity contribution in [2.45, 2.75) is 52.0 Å². The second kappa shape index (κ2) is 7.63. The molecule has 0 unspecified atom stereocenters. The summed E-state index contributed by atoms with van der Waals surface area (Å²) in [6, 6.07) is 13.5. The molecule has 5 rings (SSSR count). The average molecular weight is 401 g/mol. The van der Waals surface area contributed by atoms with Crippen LogP contribution in [0.5, 0.6) is 0 Å². The Labute approximate surface area is 175 Å². The fourth-order valence-electron chi connectivity index (χ4n) is 4.47. The summed E-state index contributed by atoms with van der Waals surface area (Å²) in [6.07, 6.45) is 6.19. The highest BCUT2D eigenvalue weighted by atomic mass is 19.1. The number of hydrogen-bond acceptors (Lipinski definition) is 4. The molecule has 0 saturated heterocycles. The molecule has 2 aromatic heterocycles. The van der Waals surface area contributed by atoms with Crippen LogP contribution < -0.4 is 5.32 Å². The van der Waals surface area contributed by atoms with Gasteiger partial charge in [0.2, 0.25) is 5.95 Å². The van der Waals surface area contributed by atoms with Crippen LogP contribution >= 0.6 is 0 Å². The third-order valence-electron chi connectivity index (χ3n) is 6.06. The lowest BCUT2D eigenvalue weighted by atomic mass is 9.96. The van der Waals surface area contributed by atoms with E-state index in [1.807, 2.05) is 44.2 Å². The summed E-state index contributed by atoms with van der Waals surface area (Å²) in [5.74, 6) is 0.419. The molecule has 0 spiro atoms. The maximum Gasteiger partial charge on any atom is 0.223 e. The Morgan fingerprint density at radius 3 is 2.53 bits per heavy atom. The minimum Gasteiger partial charge on any atom is -0.351 e. The first-order valence-corrected chi connectivity index (χ1v) is 10.7. The first-order valence-electron chi connectivity index (χ1n) is 10.7. The van der Waals surface area contributed by atoms with Crippen molar-refractivity contribution >= 4 is 27.8 Å². The van der Waals surface area contributed by atoms with E-state index in [1.165, 1.54) is 38.2 Å². The molecule has 1 aliphatic rings. The predicted octanol–water partition coefficient (Wildman–Crippen LogP) is 6.35. The number of rotatable bonds is 3. The first kappa shape index (κ1) is 18.9. The summed E-state index contributed by atoms with van der Waals surface area (Å²) < 4.78 is 14.9. The number of aryl methyl sites for hydroxylation is 2. The lowest BCUT2D eigenvalue weighted by Gasteiger charge is -2.23. The van der Waals surface area contributed by atoms with Gasteiger partial charge in [0.25, 0.3) is 0 Å². The minimum atomic E-state index is -0.269. The summed E-state index contributed by atoms with van der Waals surface area (Å²) in [6.45, 7) is 3.91. The van der Waals surface area contributed by atoms with E-state index >= 15 is 0 Å². The van der Waals surface area contributed by atoms with Gasteiger partial charge >= 0.3 is 0 Å². The van der Waals surface area contributed by atoms with Crippen molar-refractivity contribution in [2.75, 3.05) is 5.32 Å². The van der Waals surface area contributed by atoms with E-state index in [-0.39, 0.29) is 5.82 Å². The number of halogens is 1. The number of anilines is 1. The van der Waals surface area contributed by atoms with E-state index in [2.05, 4.69) is 10.3 Å². The van der Waals surface area contributed by atoms with Gasteiger partial charge in [-0.25, -0.2) is 14.4 Å². The number of nitrogens with zero attached hydrogens (tertiary/aromatic N) is 3. The highest BCUT2D eigenvalue weighted by Crippen LogP contribution is 2.33. The summed E-state index contributed by atoms with van der Waals surface area (Å²) in [7, 11) is 0. The quantitative estimate of drug-likeness (QED) is 0.436. The number of pyridine rings is 1. The monoisotopic (exact) mass is 400 g/mol. The SMILES string of the molecule is Cc1ccc2ccc(F)c(-c3ccc4nc(NC5CCCCC5)nc(C)c4c3)c2n1. The van der Waals surface area contributed by atoms with E-state index in [0.29, 0.717) is 23.1 Å². The molecule has 2 aromatic carbocycles. The molecule has 0 amide bonds. The zero-order chi connectivity index (χ0) is 20.7. The van der Waals surface area contributed by atoms with Crippen LogP contribution in [0.15, 0.2) is 42.5 Å². The van der Waals surface area contributed by atoms with Crippen molar-refractivity contribution in [1.82, 2.24) is 15.0 Å². The molecular weight excluding hydrogens is 375 g/mol. The Hall–Kier alpha value is -3.08. The highest BCUT2D eigenvalue weighted by molar-refractivity contribution is 5.97. The molecule has 1 aliphatic carbocycles. The van der Waals surface area contributed by atoms with Crippen LogP contribution in [0.1, 0.15) is 43.5 Å². The number of hydrogen-bond donors (Lipinski definition) is 1. The fourth-order valence-corrected chi connectivity index (χ4v) is 4.47. The molecule has 30 heavy (non-hydrogen) atoms. The fraction of sp³-hybridized carbons (Fsp3) is 0.320. The minimum absolute atomic E-state index is 0.269. The molecule has 0 bridgehead atoms. The van der Waals surface area contributed by atoms with Crippen LogP contribution in [-0.2, 0) is 0 Å². The van der Waals surface area contributed by atoms with Gasteiger partial charge in [0.05, 0.1) is 16.7 Å². The van der Waals surface area contributed by atoms with Gasteiger partial charge in [0.1, 0.15) is 5.82 Å². The average Bonchev–Trinajstić information content (AvgIpc) is 2.74. The van der Waals surface area contributed by atoms with Gasteiger partial charge in [-0.1, -0.05) is 31.4 Å². The maximum absolute atomic E-state index is 14.9. The smallest absolute Gasteiger partial charge is 0.223 e. The van der Waals surface area contributed by atoms with E-state index in [4.69, 9.17) is 9.97 Å². The Balaban J connectivity index is 1.58. The molecule has 1 saturated carbocycles. The predicted molar refractivity (Wildman–Crippen MR) is 120 cm³/mol. The molecule has 5 heteroatoms. The molecule has 0 atom stereocenters. The van der Waals surface area contributed by atoms with Gasteiger partial charge in [0.15, 0.2) is 0 Å². The molecule has 152 valence electrons. The second-order valence-electron chi connectivity index (χ2n) is 8.29. The van der Waals surface area contributed by atoms with Crippen LogP contribution in [0.3, 0.4) is 0 Å². The van der Waals surface area contributed by atoms with Gasteiger partial charge in [-0.2, -0.15) is 0 Å². The Kier molecular flexibility index (Phi) is 4.81. The number of benzene rings is 2. The topological polar surface area (TPSA) is 50.7 Å². The van der Waals surface area contributed by atoms with Gasteiger partial charge in [-0.15, -0.1) is 0 Å². The molecule has 0 aliphatic heterocycles. The van der Waals surface area contributed by atoms with Gasteiger partial charge in [0, 0.05) is 28.1 Å². The maximum atomic E-state index is 14.9. The molecule has 4 aromatic rings. The van der Waals surface area contributed by atoms with Gasteiger partial charge < -0.3 is 5.32 Å². The lowest BCUT2D eigenvalue weighted by Crippen LogP contribution is -2.23. The number of aromatic nitrogens is 3. The van der Waals surface area contributed by atoms with Crippen molar-refractivity contribution in [3.05, 3.63) is 59.7 Å². The summed E-state index contributed by atoms with van der Waals surface area (Å²) in [4.78, 5) is 14.0. The Bertz CT molecular complexity index is 1240. The van der Waals surface area contributed by atoms with Gasteiger partial charge in [-0.05, 0) is 62.6 Å². The van der Waals surface area contributed by atoms with Crippen molar-refractivity contribution in [3.8, 4) is 11.1 Å². The third-order valence-corrected chi connectivity index (χ3v) is 6.06. The van der Waals surface area contributed by atoms with E-state index in [9.17, 15) is 4.39 Å². The highest BCUT2D eigenvalue weighted by Gasteiger charge is 2.16. The van der Waals surface area contributed by atoms with Crippen LogP contribution in [0, 0.1) is 19.7 Å². The number of nitrogens with one attached hydrogen (secondary N) is 1. The summed E-state index contributed by atoms with van der Waals surface area (Å²) in [5.41, 5.74) is 4.64.